The molecule has 0 radical (unpaired) electrons. The van der Waals surface area contributed by atoms with E-state index in [0.717, 1.165) is 40.6 Å². The van der Waals surface area contributed by atoms with Crippen molar-refractivity contribution in [3.05, 3.63) is 60.4 Å². The molecule has 0 unspecified atom stereocenters. The van der Waals surface area contributed by atoms with Gasteiger partial charge in [-0.3, -0.25) is 5.10 Å². The molecule has 0 atom stereocenters. The summed E-state index contributed by atoms with van der Waals surface area (Å²) in [5.74, 6) is 0.948. The Morgan fingerprint density at radius 2 is 1.97 bits per heavy atom. The first-order chi connectivity index (χ1) is 14.7. The third-order valence-electron chi connectivity index (χ3n) is 5.04. The van der Waals surface area contributed by atoms with Crippen LogP contribution in [-0.4, -0.2) is 26.7 Å². The summed E-state index contributed by atoms with van der Waals surface area (Å²) in [4.78, 5) is 9.74. The van der Waals surface area contributed by atoms with Gasteiger partial charge in [0.25, 0.3) is 0 Å². The molecule has 0 aliphatic carbocycles. The normalized spacial score (nSPS) is 11.4. The lowest BCUT2D eigenvalue weighted by Crippen LogP contribution is -2.06. The number of H-pyrrole nitrogens is 1. The molecule has 0 saturated heterocycles. The van der Waals surface area contributed by atoms with Crippen LogP contribution in [0.2, 0.25) is 0 Å². The van der Waals surface area contributed by atoms with Crippen molar-refractivity contribution in [2.75, 3.05) is 17.6 Å². The van der Waals surface area contributed by atoms with Gasteiger partial charge in [-0.1, -0.05) is 18.2 Å². The Labute approximate surface area is 177 Å². The highest BCUT2D eigenvalue weighted by atomic mass is 32.1. The number of thiophene rings is 1. The van der Waals surface area contributed by atoms with Gasteiger partial charge >= 0.3 is 0 Å². The van der Waals surface area contributed by atoms with Crippen LogP contribution in [0.25, 0.3) is 31.4 Å². The fourth-order valence-electron chi connectivity index (χ4n) is 3.58. The molecule has 8 heteroatoms. The van der Waals surface area contributed by atoms with Crippen LogP contribution < -0.4 is 16.8 Å². The van der Waals surface area contributed by atoms with Gasteiger partial charge < -0.3 is 16.8 Å². The predicted molar refractivity (Wildman–Crippen MR) is 124 cm³/mol. The fourth-order valence-corrected chi connectivity index (χ4v) is 4.66. The number of nitrogen functional groups attached to an aromatic ring is 1. The molecule has 5 rings (SSSR count). The summed E-state index contributed by atoms with van der Waals surface area (Å²) in [6.45, 7) is 0.612. The second kappa shape index (κ2) is 7.74. The van der Waals surface area contributed by atoms with E-state index in [1.54, 1.807) is 17.5 Å². The van der Waals surface area contributed by atoms with Crippen LogP contribution in [0.5, 0.6) is 0 Å². The molecule has 2 aromatic carbocycles. The summed E-state index contributed by atoms with van der Waals surface area (Å²) in [5.41, 5.74) is 15.5. The van der Waals surface area contributed by atoms with Gasteiger partial charge in [-0.25, -0.2) is 4.98 Å². The maximum Gasteiger partial charge on any atom is 0.221 e. The highest BCUT2D eigenvalue weighted by Crippen LogP contribution is 2.38. The Balaban J connectivity index is 1.59. The van der Waals surface area contributed by atoms with Crippen LogP contribution in [0.15, 0.2) is 54.9 Å². The van der Waals surface area contributed by atoms with Crippen LogP contribution in [0, 0.1) is 0 Å². The second-order valence-corrected chi connectivity index (χ2v) is 8.21. The third kappa shape index (κ3) is 3.47. The fraction of sp³-hybridized carbons (Fsp3) is 0.136. The smallest absolute Gasteiger partial charge is 0.221 e. The minimum atomic E-state index is 0.239. The zero-order valence-corrected chi connectivity index (χ0v) is 17.0. The highest BCUT2D eigenvalue weighted by molar-refractivity contribution is 7.22. The zero-order valence-electron chi connectivity index (χ0n) is 16.2. The highest BCUT2D eigenvalue weighted by Gasteiger charge is 2.13. The van der Waals surface area contributed by atoms with Gasteiger partial charge in [-0.05, 0) is 49.0 Å². The summed E-state index contributed by atoms with van der Waals surface area (Å²) in [7, 11) is 0. The van der Waals surface area contributed by atoms with Gasteiger partial charge in [0.2, 0.25) is 5.95 Å². The second-order valence-electron chi connectivity index (χ2n) is 7.13. The Kier molecular flexibility index (Phi) is 4.78. The van der Waals surface area contributed by atoms with Gasteiger partial charge in [-0.15, -0.1) is 11.3 Å². The van der Waals surface area contributed by atoms with Crippen molar-refractivity contribution in [2.24, 2.45) is 5.73 Å². The quantitative estimate of drug-likeness (QED) is 0.325. The number of hydrogen-bond acceptors (Lipinski definition) is 7. The number of anilines is 3. The Hall–Kier alpha value is -3.49. The van der Waals surface area contributed by atoms with Crippen molar-refractivity contribution in [2.45, 2.75) is 12.8 Å². The van der Waals surface area contributed by atoms with E-state index in [9.17, 15) is 0 Å². The molecule has 3 aromatic heterocycles. The van der Waals surface area contributed by atoms with Crippen molar-refractivity contribution in [3.63, 3.8) is 0 Å². The molecule has 150 valence electrons. The standard InChI is InChI=1S/C22H21N7S/c23-7-3-5-14-11-25-22(24)28-21(14)27-16-8-15-12-26-29-20(15)17(10-16)19-9-13-4-1-2-6-18(13)30-19/h1-2,4,6,8-12H,3,5,7,23H2,(H,26,29)(H3,24,25,27,28). The number of nitrogens with two attached hydrogens (primary N) is 2. The maximum atomic E-state index is 5.85. The van der Waals surface area contributed by atoms with E-state index in [0.29, 0.717) is 12.4 Å². The first-order valence-electron chi connectivity index (χ1n) is 9.76. The number of hydrogen-bond donors (Lipinski definition) is 4. The van der Waals surface area contributed by atoms with E-state index in [2.05, 4.69) is 67.9 Å². The topological polar surface area (TPSA) is 119 Å². The molecule has 0 amide bonds. The number of nitrogens with zero attached hydrogens (tertiary/aromatic N) is 3. The number of benzene rings is 2. The zero-order chi connectivity index (χ0) is 20.5. The minimum absolute atomic E-state index is 0.239. The monoisotopic (exact) mass is 415 g/mol. The van der Waals surface area contributed by atoms with E-state index >= 15 is 0 Å². The Morgan fingerprint density at radius 1 is 1.07 bits per heavy atom. The molecule has 0 spiro atoms. The summed E-state index contributed by atoms with van der Waals surface area (Å²) in [6, 6.07) is 14.8. The van der Waals surface area contributed by atoms with Crippen molar-refractivity contribution in [1.29, 1.82) is 0 Å². The van der Waals surface area contributed by atoms with Gasteiger partial charge in [0.1, 0.15) is 5.82 Å². The average Bonchev–Trinajstić information content (AvgIpc) is 3.39. The lowest BCUT2D eigenvalue weighted by molar-refractivity contribution is 0.826. The molecule has 3 heterocycles. The molecule has 6 N–H and O–H groups in total. The number of fused-ring (bicyclic) bond motifs is 2. The number of aromatic amines is 1. The third-order valence-corrected chi connectivity index (χ3v) is 6.19. The van der Waals surface area contributed by atoms with Gasteiger partial charge in [0.05, 0.1) is 11.7 Å². The Morgan fingerprint density at radius 3 is 2.83 bits per heavy atom. The lowest BCUT2D eigenvalue weighted by Gasteiger charge is -2.12. The molecule has 5 aromatic rings. The largest absolute Gasteiger partial charge is 0.368 e. The summed E-state index contributed by atoms with van der Waals surface area (Å²) < 4.78 is 1.26. The first kappa shape index (κ1) is 18.5. The maximum absolute atomic E-state index is 5.85. The number of nitrogens with one attached hydrogen (secondary N) is 2. The van der Waals surface area contributed by atoms with Gasteiger partial charge in [0.15, 0.2) is 0 Å². The lowest BCUT2D eigenvalue weighted by atomic mass is 10.1. The van der Waals surface area contributed by atoms with E-state index in [4.69, 9.17) is 11.5 Å². The average molecular weight is 416 g/mol. The van der Waals surface area contributed by atoms with Crippen LogP contribution in [0.4, 0.5) is 17.5 Å². The van der Waals surface area contributed by atoms with Crippen LogP contribution in [-0.2, 0) is 6.42 Å². The van der Waals surface area contributed by atoms with Crippen molar-refractivity contribution in [3.8, 4) is 10.4 Å². The summed E-state index contributed by atoms with van der Waals surface area (Å²) in [5, 5.41) is 13.1. The van der Waals surface area contributed by atoms with E-state index < -0.39 is 0 Å². The molecule has 7 nitrogen and oxygen atoms in total. The van der Waals surface area contributed by atoms with Gasteiger partial charge in [0, 0.05) is 38.0 Å². The SMILES string of the molecule is NCCCc1cnc(N)nc1Nc1cc(-c2cc3ccccc3s2)c2[nH]ncc2c1. The molecular formula is C22H21N7S. The molecule has 0 aliphatic rings. The molecule has 0 aliphatic heterocycles. The minimum Gasteiger partial charge on any atom is -0.368 e. The number of aryl methyl sites for hydroxylation is 1. The molecule has 0 saturated carbocycles. The molecule has 0 fully saturated rings. The Bertz CT molecular complexity index is 1310. The molecular weight excluding hydrogens is 394 g/mol. The van der Waals surface area contributed by atoms with Crippen molar-refractivity contribution >= 4 is 49.8 Å². The number of aromatic nitrogens is 4. The van der Waals surface area contributed by atoms with Crippen LogP contribution in [0.3, 0.4) is 0 Å². The summed E-state index contributed by atoms with van der Waals surface area (Å²) in [6.07, 6.45) is 5.25. The van der Waals surface area contributed by atoms with Crippen molar-refractivity contribution in [1.82, 2.24) is 20.2 Å². The van der Waals surface area contributed by atoms with Crippen LogP contribution >= 0.6 is 11.3 Å². The van der Waals surface area contributed by atoms with E-state index in [-0.39, 0.29) is 5.95 Å². The molecule has 0 bridgehead atoms. The number of rotatable bonds is 6. The summed E-state index contributed by atoms with van der Waals surface area (Å²) >= 11 is 1.77. The van der Waals surface area contributed by atoms with Crippen LogP contribution in [0.1, 0.15) is 12.0 Å². The first-order valence-corrected chi connectivity index (χ1v) is 10.6. The predicted octanol–water partition coefficient (Wildman–Crippen LogP) is 4.45. The van der Waals surface area contributed by atoms with E-state index in [1.165, 1.54) is 15.0 Å². The van der Waals surface area contributed by atoms with Crippen molar-refractivity contribution < 1.29 is 0 Å². The molecule has 30 heavy (non-hydrogen) atoms. The van der Waals surface area contributed by atoms with Gasteiger partial charge in [-0.2, -0.15) is 10.1 Å². The van der Waals surface area contributed by atoms with E-state index in [1.807, 2.05) is 6.20 Å².